The van der Waals surface area contributed by atoms with E-state index >= 15 is 0 Å². The predicted molar refractivity (Wildman–Crippen MR) is 95.3 cm³/mol. The van der Waals surface area contributed by atoms with Crippen molar-refractivity contribution in [2.24, 2.45) is 5.92 Å². The van der Waals surface area contributed by atoms with Crippen LogP contribution < -0.4 is 0 Å². The van der Waals surface area contributed by atoms with Gasteiger partial charge in [0.1, 0.15) is 11.6 Å². The van der Waals surface area contributed by atoms with E-state index in [0.717, 1.165) is 36.3 Å². The molecule has 2 aromatic rings. The highest BCUT2D eigenvalue weighted by atomic mass is 32.2. The van der Waals surface area contributed by atoms with Crippen molar-refractivity contribution < 1.29 is 12.8 Å². The number of piperidine rings is 1. The number of benzene rings is 1. The summed E-state index contributed by atoms with van der Waals surface area (Å²) in [5.41, 5.74) is 2.11. The molecule has 0 unspecified atom stereocenters. The van der Waals surface area contributed by atoms with Gasteiger partial charge in [0.05, 0.1) is 6.26 Å². The molecule has 0 spiro atoms. The van der Waals surface area contributed by atoms with Gasteiger partial charge in [0, 0.05) is 37.9 Å². The van der Waals surface area contributed by atoms with Crippen molar-refractivity contribution in [3.8, 4) is 0 Å². The first-order chi connectivity index (χ1) is 11.8. The van der Waals surface area contributed by atoms with Gasteiger partial charge in [-0.25, -0.2) is 22.1 Å². The Morgan fingerprint density at radius 1 is 1.20 bits per heavy atom. The first kappa shape index (κ1) is 18.1. The van der Waals surface area contributed by atoms with Crippen LogP contribution in [-0.2, 0) is 23.0 Å². The van der Waals surface area contributed by atoms with Crippen molar-refractivity contribution in [2.45, 2.75) is 32.7 Å². The van der Waals surface area contributed by atoms with Gasteiger partial charge in [-0.15, -0.1) is 0 Å². The normalized spacial score (nSPS) is 17.1. The summed E-state index contributed by atoms with van der Waals surface area (Å²) in [7, 11) is -3.09. The fourth-order valence-corrected chi connectivity index (χ4v) is 4.24. The molecule has 2 heterocycles. The van der Waals surface area contributed by atoms with Gasteiger partial charge in [0.15, 0.2) is 0 Å². The topological polar surface area (TPSA) is 55.2 Å². The van der Waals surface area contributed by atoms with Gasteiger partial charge in [0.25, 0.3) is 0 Å². The summed E-state index contributed by atoms with van der Waals surface area (Å²) in [6.07, 6.45) is 5.69. The number of aryl methyl sites for hydroxylation is 1. The van der Waals surface area contributed by atoms with E-state index < -0.39 is 10.0 Å². The Kier molecular flexibility index (Phi) is 5.24. The lowest BCUT2D eigenvalue weighted by Crippen LogP contribution is -2.38. The van der Waals surface area contributed by atoms with E-state index in [4.69, 9.17) is 0 Å². The third-order valence-corrected chi connectivity index (χ3v) is 6.21. The zero-order chi connectivity index (χ0) is 18.0. The van der Waals surface area contributed by atoms with E-state index in [1.165, 1.54) is 18.4 Å². The lowest BCUT2D eigenvalue weighted by molar-refractivity contribution is 0.270. The van der Waals surface area contributed by atoms with Crippen LogP contribution in [0.4, 0.5) is 4.39 Å². The van der Waals surface area contributed by atoms with Crippen molar-refractivity contribution in [1.29, 1.82) is 0 Å². The quantitative estimate of drug-likeness (QED) is 0.818. The van der Waals surface area contributed by atoms with Gasteiger partial charge in [-0.05, 0) is 43.4 Å². The molecule has 1 fully saturated rings. The number of hydrogen-bond acceptors (Lipinski definition) is 3. The third-order valence-electron chi connectivity index (χ3n) is 4.91. The number of nitrogens with zero attached hydrogens (tertiary/aromatic N) is 3. The minimum atomic E-state index is -3.09. The molecule has 5 nitrogen and oxygen atoms in total. The van der Waals surface area contributed by atoms with Crippen molar-refractivity contribution >= 4 is 10.0 Å². The molecular weight excluding hydrogens is 341 g/mol. The van der Waals surface area contributed by atoms with Crippen molar-refractivity contribution in [3.05, 3.63) is 53.4 Å². The van der Waals surface area contributed by atoms with Crippen LogP contribution in [0.15, 0.2) is 30.5 Å². The van der Waals surface area contributed by atoms with Crippen LogP contribution in [0.1, 0.15) is 29.9 Å². The fourth-order valence-electron chi connectivity index (χ4n) is 3.37. The summed E-state index contributed by atoms with van der Waals surface area (Å²) < 4.78 is 40.0. The Balaban J connectivity index is 1.67. The average Bonchev–Trinajstić information content (AvgIpc) is 2.90. The van der Waals surface area contributed by atoms with E-state index in [-0.39, 0.29) is 5.82 Å². The highest BCUT2D eigenvalue weighted by Crippen LogP contribution is 2.23. The van der Waals surface area contributed by atoms with Gasteiger partial charge >= 0.3 is 0 Å². The van der Waals surface area contributed by atoms with E-state index in [9.17, 15) is 12.8 Å². The Labute approximate surface area is 148 Å². The highest BCUT2D eigenvalue weighted by Gasteiger charge is 2.26. The third kappa shape index (κ3) is 4.46. The second-order valence-corrected chi connectivity index (χ2v) is 8.82. The first-order valence-electron chi connectivity index (χ1n) is 8.53. The maximum Gasteiger partial charge on any atom is 0.211 e. The van der Waals surface area contributed by atoms with Gasteiger partial charge < -0.3 is 4.57 Å². The van der Waals surface area contributed by atoms with E-state index in [1.807, 2.05) is 13.1 Å². The Morgan fingerprint density at radius 3 is 2.44 bits per heavy atom. The zero-order valence-corrected chi connectivity index (χ0v) is 15.5. The van der Waals surface area contributed by atoms with Gasteiger partial charge in [-0.2, -0.15) is 0 Å². The second kappa shape index (κ2) is 7.25. The molecule has 0 atom stereocenters. The summed E-state index contributed by atoms with van der Waals surface area (Å²) in [5.74, 6) is 1.22. The number of sulfonamides is 1. The van der Waals surface area contributed by atoms with Crippen molar-refractivity contribution in [3.63, 3.8) is 0 Å². The van der Waals surface area contributed by atoms with Gasteiger partial charge in [0.2, 0.25) is 10.0 Å². The highest BCUT2D eigenvalue weighted by molar-refractivity contribution is 7.88. The largest absolute Gasteiger partial charge is 0.328 e. The van der Waals surface area contributed by atoms with Crippen LogP contribution in [0, 0.1) is 18.7 Å². The molecule has 7 heteroatoms. The molecule has 25 heavy (non-hydrogen) atoms. The molecule has 1 aromatic carbocycles. The SMILES string of the molecule is Cc1cnc(CC2CCN(S(C)(=O)=O)CC2)n1Cc1ccc(F)cc1. The average molecular weight is 365 g/mol. The molecule has 0 aliphatic carbocycles. The van der Waals surface area contributed by atoms with Crippen LogP contribution >= 0.6 is 0 Å². The maximum absolute atomic E-state index is 13.1. The fraction of sp³-hybridized carbons (Fsp3) is 0.500. The van der Waals surface area contributed by atoms with E-state index in [1.54, 1.807) is 16.4 Å². The van der Waals surface area contributed by atoms with Crippen molar-refractivity contribution in [2.75, 3.05) is 19.3 Å². The summed E-state index contributed by atoms with van der Waals surface area (Å²) in [4.78, 5) is 4.55. The molecule has 0 amide bonds. The molecule has 0 radical (unpaired) electrons. The smallest absolute Gasteiger partial charge is 0.211 e. The summed E-state index contributed by atoms with van der Waals surface area (Å²) in [6, 6.07) is 6.54. The number of rotatable bonds is 5. The lowest BCUT2D eigenvalue weighted by atomic mass is 9.94. The molecule has 1 aliphatic heterocycles. The molecule has 1 aliphatic rings. The summed E-state index contributed by atoms with van der Waals surface area (Å²) >= 11 is 0. The number of hydrogen-bond donors (Lipinski definition) is 0. The minimum Gasteiger partial charge on any atom is -0.328 e. The lowest BCUT2D eigenvalue weighted by Gasteiger charge is -2.30. The molecule has 0 bridgehead atoms. The van der Waals surface area contributed by atoms with Gasteiger partial charge in [-0.3, -0.25) is 0 Å². The summed E-state index contributed by atoms with van der Waals surface area (Å²) in [6.45, 7) is 3.86. The number of aromatic nitrogens is 2. The number of halogens is 1. The predicted octanol–water partition coefficient (Wildman–Crippen LogP) is 2.59. The summed E-state index contributed by atoms with van der Waals surface area (Å²) in [5, 5.41) is 0. The molecule has 0 saturated carbocycles. The molecule has 3 rings (SSSR count). The number of imidazole rings is 1. The Hall–Kier alpha value is -1.73. The molecule has 1 saturated heterocycles. The van der Waals surface area contributed by atoms with Crippen LogP contribution in [0.25, 0.3) is 0 Å². The second-order valence-electron chi connectivity index (χ2n) is 6.84. The van der Waals surface area contributed by atoms with Crippen LogP contribution in [0.2, 0.25) is 0 Å². The molecule has 136 valence electrons. The Bertz CT molecular complexity index is 823. The molecular formula is C18H24FN3O2S. The van der Waals surface area contributed by atoms with Gasteiger partial charge in [-0.1, -0.05) is 12.1 Å². The van der Waals surface area contributed by atoms with E-state index in [0.29, 0.717) is 25.6 Å². The zero-order valence-electron chi connectivity index (χ0n) is 14.7. The van der Waals surface area contributed by atoms with E-state index in [2.05, 4.69) is 9.55 Å². The Morgan fingerprint density at radius 2 is 1.84 bits per heavy atom. The minimum absolute atomic E-state index is 0.232. The van der Waals surface area contributed by atoms with Crippen LogP contribution in [-0.4, -0.2) is 41.6 Å². The maximum atomic E-state index is 13.1. The van der Waals surface area contributed by atoms with Crippen LogP contribution in [0.5, 0.6) is 0 Å². The van der Waals surface area contributed by atoms with Crippen molar-refractivity contribution in [1.82, 2.24) is 13.9 Å². The monoisotopic (exact) mass is 365 g/mol. The van der Waals surface area contributed by atoms with Crippen LogP contribution in [0.3, 0.4) is 0 Å². The molecule has 1 aromatic heterocycles. The molecule has 0 N–H and O–H groups in total. The standard InChI is InChI=1S/C18H24FN3O2S/c1-14-12-20-18(22(14)13-16-3-5-17(19)6-4-16)11-15-7-9-21(10-8-15)25(2,23)24/h3-6,12,15H,7-11,13H2,1-2H3. The first-order valence-corrected chi connectivity index (χ1v) is 10.4.